The molecule has 0 bridgehead atoms. The lowest BCUT2D eigenvalue weighted by Crippen LogP contribution is -2.21. The Kier molecular flexibility index (Phi) is 4.72. The number of hydrogen-bond donors (Lipinski definition) is 2. The first-order valence-electron chi connectivity index (χ1n) is 3.54. The van der Waals surface area contributed by atoms with Crippen LogP contribution in [0.25, 0.3) is 0 Å². The van der Waals surface area contributed by atoms with Crippen molar-refractivity contribution in [2.75, 3.05) is 0 Å². The van der Waals surface area contributed by atoms with E-state index in [4.69, 9.17) is 10.2 Å². The Labute approximate surface area is 56.5 Å². The van der Waals surface area contributed by atoms with Gasteiger partial charge in [0.1, 0.15) is 0 Å². The van der Waals surface area contributed by atoms with Crippen molar-refractivity contribution in [3.8, 4) is 0 Å². The van der Waals surface area contributed by atoms with Crippen molar-refractivity contribution < 1.29 is 10.2 Å². The number of aliphatic hydroxyl groups is 2. The third-order valence-electron chi connectivity index (χ3n) is 1.41. The topological polar surface area (TPSA) is 40.5 Å². The molecule has 0 radical (unpaired) electrons. The fraction of sp³-hybridized carbons (Fsp3) is 1.00. The van der Waals surface area contributed by atoms with Gasteiger partial charge in [-0.2, -0.15) is 0 Å². The highest BCUT2D eigenvalue weighted by Crippen LogP contribution is 2.03. The first-order chi connectivity index (χ1) is 4.18. The van der Waals surface area contributed by atoms with Crippen molar-refractivity contribution >= 4 is 0 Å². The maximum absolute atomic E-state index is 9.01. The van der Waals surface area contributed by atoms with Crippen molar-refractivity contribution in [2.45, 2.75) is 45.3 Å². The molecule has 0 aliphatic heterocycles. The van der Waals surface area contributed by atoms with Gasteiger partial charge in [-0.3, -0.25) is 0 Å². The largest absolute Gasteiger partial charge is 0.391 e. The van der Waals surface area contributed by atoms with Gasteiger partial charge in [0.25, 0.3) is 0 Å². The quantitative estimate of drug-likeness (QED) is 0.597. The van der Waals surface area contributed by atoms with E-state index >= 15 is 0 Å². The third-order valence-corrected chi connectivity index (χ3v) is 1.41. The van der Waals surface area contributed by atoms with Gasteiger partial charge in [-0.15, -0.1) is 0 Å². The molecule has 0 aliphatic rings. The minimum Gasteiger partial charge on any atom is -0.391 e. The standard InChI is InChI=1S/C7H16O2/c1-3-4-5-7(9)6(2)8/h6-9H,3-5H2,1-2H3/t6-,7+/m1/s1. The summed E-state index contributed by atoms with van der Waals surface area (Å²) < 4.78 is 0. The lowest BCUT2D eigenvalue weighted by molar-refractivity contribution is 0.0250. The van der Waals surface area contributed by atoms with Crippen LogP contribution in [0.5, 0.6) is 0 Å². The van der Waals surface area contributed by atoms with E-state index < -0.39 is 12.2 Å². The van der Waals surface area contributed by atoms with E-state index in [9.17, 15) is 0 Å². The first-order valence-corrected chi connectivity index (χ1v) is 3.54. The molecule has 0 heterocycles. The smallest absolute Gasteiger partial charge is 0.0796 e. The highest BCUT2D eigenvalue weighted by Gasteiger charge is 2.08. The number of aliphatic hydroxyl groups excluding tert-OH is 2. The van der Waals surface area contributed by atoms with Crippen LogP contribution >= 0.6 is 0 Å². The second kappa shape index (κ2) is 4.77. The summed E-state index contributed by atoms with van der Waals surface area (Å²) in [7, 11) is 0. The minimum absolute atomic E-state index is 0.523. The van der Waals surface area contributed by atoms with Crippen LogP contribution in [0.2, 0.25) is 0 Å². The summed E-state index contributed by atoms with van der Waals surface area (Å²) in [4.78, 5) is 0. The molecule has 0 unspecified atom stereocenters. The second-order valence-corrected chi connectivity index (χ2v) is 2.45. The zero-order chi connectivity index (χ0) is 7.28. The highest BCUT2D eigenvalue weighted by atomic mass is 16.3. The maximum atomic E-state index is 9.01. The fourth-order valence-electron chi connectivity index (χ4n) is 0.654. The summed E-state index contributed by atoms with van der Waals surface area (Å²) in [6.07, 6.45) is 1.69. The molecule has 0 aliphatic carbocycles. The molecule has 9 heavy (non-hydrogen) atoms. The number of rotatable bonds is 4. The summed E-state index contributed by atoms with van der Waals surface area (Å²) in [6.45, 7) is 3.68. The molecule has 0 amide bonds. The summed E-state index contributed by atoms with van der Waals surface area (Å²) >= 11 is 0. The van der Waals surface area contributed by atoms with E-state index in [1.165, 1.54) is 0 Å². The van der Waals surface area contributed by atoms with Gasteiger partial charge in [0.05, 0.1) is 12.2 Å². The van der Waals surface area contributed by atoms with Crippen molar-refractivity contribution in [3.63, 3.8) is 0 Å². The molecule has 0 rings (SSSR count). The molecule has 0 spiro atoms. The molecule has 0 aromatic heterocycles. The van der Waals surface area contributed by atoms with E-state index in [1.807, 2.05) is 0 Å². The van der Waals surface area contributed by atoms with Gasteiger partial charge in [-0.25, -0.2) is 0 Å². The van der Waals surface area contributed by atoms with Crippen LogP contribution in [0.3, 0.4) is 0 Å². The molecule has 0 saturated heterocycles. The average molecular weight is 132 g/mol. The molecule has 0 fully saturated rings. The van der Waals surface area contributed by atoms with E-state index in [2.05, 4.69) is 6.92 Å². The van der Waals surface area contributed by atoms with Gasteiger partial charge >= 0.3 is 0 Å². The minimum atomic E-state index is -0.573. The van der Waals surface area contributed by atoms with Gasteiger partial charge in [0.15, 0.2) is 0 Å². The molecule has 56 valence electrons. The maximum Gasteiger partial charge on any atom is 0.0796 e. The van der Waals surface area contributed by atoms with Gasteiger partial charge in [0, 0.05) is 0 Å². The van der Waals surface area contributed by atoms with Crippen LogP contribution in [-0.2, 0) is 0 Å². The average Bonchev–Trinajstić information content (AvgIpc) is 1.82. The van der Waals surface area contributed by atoms with Crippen molar-refractivity contribution in [2.24, 2.45) is 0 Å². The number of unbranched alkanes of at least 4 members (excludes halogenated alkanes) is 1. The van der Waals surface area contributed by atoms with Crippen LogP contribution in [0.15, 0.2) is 0 Å². The zero-order valence-corrected chi connectivity index (χ0v) is 6.17. The zero-order valence-electron chi connectivity index (χ0n) is 6.17. The normalized spacial score (nSPS) is 17.3. The van der Waals surface area contributed by atoms with Crippen LogP contribution in [0.1, 0.15) is 33.1 Å². The Morgan fingerprint density at radius 3 is 2.22 bits per heavy atom. The molecule has 0 aromatic carbocycles. The van der Waals surface area contributed by atoms with E-state index in [1.54, 1.807) is 6.92 Å². The first kappa shape index (κ1) is 8.92. The van der Waals surface area contributed by atoms with E-state index in [0.717, 1.165) is 12.8 Å². The van der Waals surface area contributed by atoms with E-state index in [0.29, 0.717) is 6.42 Å². The van der Waals surface area contributed by atoms with Crippen molar-refractivity contribution in [1.82, 2.24) is 0 Å². The van der Waals surface area contributed by atoms with Crippen molar-refractivity contribution in [1.29, 1.82) is 0 Å². The highest BCUT2D eigenvalue weighted by molar-refractivity contribution is 4.60. The summed E-state index contributed by atoms with van der Waals surface area (Å²) in [5.74, 6) is 0. The fourth-order valence-corrected chi connectivity index (χ4v) is 0.654. The molecule has 2 atom stereocenters. The Bertz CT molecular complexity index is 61.9. The predicted octanol–water partition coefficient (Wildman–Crippen LogP) is 0.918. The van der Waals surface area contributed by atoms with Gasteiger partial charge < -0.3 is 10.2 Å². The molecular formula is C7H16O2. The molecular weight excluding hydrogens is 116 g/mol. The van der Waals surface area contributed by atoms with Crippen LogP contribution in [0, 0.1) is 0 Å². The van der Waals surface area contributed by atoms with E-state index in [-0.39, 0.29) is 0 Å². The summed E-state index contributed by atoms with van der Waals surface area (Å²) in [6, 6.07) is 0. The second-order valence-electron chi connectivity index (χ2n) is 2.45. The Balaban J connectivity index is 3.16. The summed E-state index contributed by atoms with van der Waals surface area (Å²) in [5, 5.41) is 17.8. The van der Waals surface area contributed by atoms with Crippen molar-refractivity contribution in [3.05, 3.63) is 0 Å². The van der Waals surface area contributed by atoms with Gasteiger partial charge in [-0.05, 0) is 13.3 Å². The summed E-state index contributed by atoms with van der Waals surface area (Å²) in [5.41, 5.74) is 0. The molecule has 0 aromatic rings. The number of hydrogen-bond acceptors (Lipinski definition) is 2. The molecule has 2 nitrogen and oxygen atoms in total. The van der Waals surface area contributed by atoms with Crippen LogP contribution in [-0.4, -0.2) is 22.4 Å². The lowest BCUT2D eigenvalue weighted by atomic mass is 10.1. The Hall–Kier alpha value is -0.0800. The Morgan fingerprint density at radius 1 is 1.33 bits per heavy atom. The monoisotopic (exact) mass is 132 g/mol. The van der Waals surface area contributed by atoms with Gasteiger partial charge in [-0.1, -0.05) is 19.8 Å². The van der Waals surface area contributed by atoms with Crippen LogP contribution in [0.4, 0.5) is 0 Å². The molecule has 2 N–H and O–H groups in total. The third kappa shape index (κ3) is 4.43. The SMILES string of the molecule is CCCC[C@H](O)[C@@H](C)O. The lowest BCUT2D eigenvalue weighted by Gasteiger charge is -2.11. The molecule has 2 heteroatoms. The molecule has 0 saturated carbocycles. The van der Waals surface area contributed by atoms with Crippen LogP contribution < -0.4 is 0 Å². The predicted molar refractivity (Wildman–Crippen MR) is 37.2 cm³/mol. The Morgan fingerprint density at radius 2 is 1.89 bits per heavy atom. The van der Waals surface area contributed by atoms with Gasteiger partial charge in [0.2, 0.25) is 0 Å².